The summed E-state index contributed by atoms with van der Waals surface area (Å²) in [6.45, 7) is 0. The standard InChI is InChI=1S/C9H12N4O/c1-14-8-4-2-3-7(5-8)9(13-11)6-12-10/h2-6,11-12H,10H2,1H3/b9-6-,13-11?. The number of nitrogens with two attached hydrogens (primary N) is 1. The van der Waals surface area contributed by atoms with E-state index >= 15 is 0 Å². The summed E-state index contributed by atoms with van der Waals surface area (Å²) in [6.07, 6.45) is 1.45. The first-order chi connectivity index (χ1) is 6.81. The lowest BCUT2D eigenvalue weighted by Gasteiger charge is -2.03. The van der Waals surface area contributed by atoms with E-state index < -0.39 is 0 Å². The Kier molecular flexibility index (Phi) is 3.63. The Balaban J connectivity index is 3.04. The maximum Gasteiger partial charge on any atom is 0.119 e. The van der Waals surface area contributed by atoms with Crippen LogP contribution in [0.25, 0.3) is 5.70 Å². The number of rotatable bonds is 4. The Morgan fingerprint density at radius 2 is 2.43 bits per heavy atom. The predicted octanol–water partition coefficient (Wildman–Crippen LogP) is 1.49. The van der Waals surface area contributed by atoms with Gasteiger partial charge in [-0.3, -0.25) is 5.84 Å². The fraction of sp³-hybridized carbons (Fsp3) is 0.111. The minimum absolute atomic E-state index is 0.450. The SMILES string of the molecule is COc1cccc(/C(=C/NN)N=N)c1. The molecular weight excluding hydrogens is 180 g/mol. The first-order valence-corrected chi connectivity index (χ1v) is 4.00. The van der Waals surface area contributed by atoms with Crippen molar-refractivity contribution in [2.45, 2.75) is 0 Å². The fourth-order valence-corrected chi connectivity index (χ4v) is 1.04. The number of benzene rings is 1. The maximum absolute atomic E-state index is 6.95. The first kappa shape index (κ1) is 10.2. The highest BCUT2D eigenvalue weighted by atomic mass is 16.5. The zero-order valence-electron chi connectivity index (χ0n) is 7.82. The van der Waals surface area contributed by atoms with E-state index in [2.05, 4.69) is 10.5 Å². The molecule has 0 fully saturated rings. The van der Waals surface area contributed by atoms with E-state index in [-0.39, 0.29) is 0 Å². The molecule has 0 aromatic heterocycles. The van der Waals surface area contributed by atoms with Crippen molar-refractivity contribution < 1.29 is 4.74 Å². The topological polar surface area (TPSA) is 83.5 Å². The molecule has 0 saturated carbocycles. The van der Waals surface area contributed by atoms with E-state index in [0.29, 0.717) is 11.4 Å². The molecule has 0 bridgehead atoms. The van der Waals surface area contributed by atoms with Crippen LogP contribution in [0.3, 0.4) is 0 Å². The second kappa shape index (κ2) is 4.98. The van der Waals surface area contributed by atoms with Crippen molar-refractivity contribution in [3.8, 4) is 5.75 Å². The third-order valence-electron chi connectivity index (χ3n) is 1.71. The lowest BCUT2D eigenvalue weighted by atomic mass is 10.1. The molecule has 5 nitrogen and oxygen atoms in total. The van der Waals surface area contributed by atoms with E-state index in [1.165, 1.54) is 6.20 Å². The molecule has 0 atom stereocenters. The zero-order chi connectivity index (χ0) is 10.4. The summed E-state index contributed by atoms with van der Waals surface area (Å²) in [5, 5.41) is 3.34. The minimum Gasteiger partial charge on any atom is -0.497 e. The van der Waals surface area contributed by atoms with E-state index in [0.717, 1.165) is 5.56 Å². The van der Waals surface area contributed by atoms with Gasteiger partial charge in [-0.05, 0) is 12.1 Å². The second-order valence-corrected chi connectivity index (χ2v) is 2.54. The smallest absolute Gasteiger partial charge is 0.119 e. The van der Waals surface area contributed by atoms with Crippen LogP contribution in [-0.4, -0.2) is 7.11 Å². The molecule has 0 aliphatic heterocycles. The summed E-state index contributed by atoms with van der Waals surface area (Å²) in [7, 11) is 1.58. The lowest BCUT2D eigenvalue weighted by molar-refractivity contribution is 0.414. The van der Waals surface area contributed by atoms with Crippen LogP contribution in [0, 0.1) is 5.53 Å². The van der Waals surface area contributed by atoms with Crippen LogP contribution in [0.1, 0.15) is 5.56 Å². The molecule has 0 radical (unpaired) electrons. The van der Waals surface area contributed by atoms with Gasteiger partial charge in [0, 0.05) is 11.8 Å². The monoisotopic (exact) mass is 192 g/mol. The molecule has 1 aromatic rings. The summed E-state index contributed by atoms with van der Waals surface area (Å²) < 4.78 is 5.05. The van der Waals surface area contributed by atoms with Crippen molar-refractivity contribution in [1.29, 1.82) is 5.53 Å². The van der Waals surface area contributed by atoms with Crippen LogP contribution in [0.15, 0.2) is 35.6 Å². The highest BCUT2D eigenvalue weighted by Crippen LogP contribution is 2.19. The number of hydrogen-bond acceptors (Lipinski definition) is 5. The van der Waals surface area contributed by atoms with Crippen molar-refractivity contribution in [2.75, 3.05) is 7.11 Å². The van der Waals surface area contributed by atoms with Crippen molar-refractivity contribution in [3.63, 3.8) is 0 Å². The summed E-state index contributed by atoms with van der Waals surface area (Å²) in [4.78, 5) is 0. The van der Waals surface area contributed by atoms with Gasteiger partial charge in [-0.2, -0.15) is 5.11 Å². The third kappa shape index (κ3) is 2.30. The summed E-state index contributed by atoms with van der Waals surface area (Å²) in [5.74, 6) is 5.83. The lowest BCUT2D eigenvalue weighted by Crippen LogP contribution is -2.13. The molecule has 0 aliphatic carbocycles. The van der Waals surface area contributed by atoms with Crippen LogP contribution >= 0.6 is 0 Å². The molecule has 0 unspecified atom stereocenters. The molecule has 14 heavy (non-hydrogen) atoms. The Morgan fingerprint density at radius 3 is 3.00 bits per heavy atom. The largest absolute Gasteiger partial charge is 0.497 e. The maximum atomic E-state index is 6.95. The summed E-state index contributed by atoms with van der Waals surface area (Å²) in [6, 6.07) is 7.25. The second-order valence-electron chi connectivity index (χ2n) is 2.54. The Bertz CT molecular complexity index is 348. The normalized spacial score (nSPS) is 10.9. The van der Waals surface area contributed by atoms with Gasteiger partial charge in [0.25, 0.3) is 0 Å². The molecule has 0 spiro atoms. The van der Waals surface area contributed by atoms with Gasteiger partial charge >= 0.3 is 0 Å². The zero-order valence-corrected chi connectivity index (χ0v) is 7.82. The molecule has 0 aliphatic rings. The van der Waals surface area contributed by atoms with Crippen LogP contribution in [0.2, 0.25) is 0 Å². The van der Waals surface area contributed by atoms with Gasteiger partial charge in [-0.25, -0.2) is 5.53 Å². The molecular formula is C9H12N4O. The van der Waals surface area contributed by atoms with Crippen LogP contribution in [0.4, 0.5) is 0 Å². The van der Waals surface area contributed by atoms with Crippen molar-refractivity contribution >= 4 is 5.70 Å². The number of hydrogen-bond donors (Lipinski definition) is 3. The molecule has 1 rings (SSSR count). The molecule has 0 heterocycles. The van der Waals surface area contributed by atoms with E-state index in [9.17, 15) is 0 Å². The van der Waals surface area contributed by atoms with Gasteiger partial charge < -0.3 is 10.2 Å². The highest BCUT2D eigenvalue weighted by Gasteiger charge is 2.00. The first-order valence-electron chi connectivity index (χ1n) is 4.00. The molecule has 1 aromatic carbocycles. The van der Waals surface area contributed by atoms with Gasteiger partial charge in [0.2, 0.25) is 0 Å². The van der Waals surface area contributed by atoms with Gasteiger partial charge in [0.15, 0.2) is 0 Å². The number of hydrazine groups is 1. The highest BCUT2D eigenvalue weighted by molar-refractivity contribution is 5.64. The number of nitrogens with one attached hydrogen (secondary N) is 2. The Morgan fingerprint density at radius 1 is 1.64 bits per heavy atom. The Labute approximate surface area is 82.0 Å². The van der Waals surface area contributed by atoms with Gasteiger partial charge in [0.1, 0.15) is 11.4 Å². The molecule has 0 saturated heterocycles. The van der Waals surface area contributed by atoms with Crippen molar-refractivity contribution in [3.05, 3.63) is 36.0 Å². The minimum atomic E-state index is 0.450. The van der Waals surface area contributed by atoms with E-state index in [4.69, 9.17) is 16.1 Å². The van der Waals surface area contributed by atoms with Crippen molar-refractivity contribution in [2.24, 2.45) is 11.0 Å². The molecule has 0 amide bonds. The predicted molar refractivity (Wildman–Crippen MR) is 53.4 cm³/mol. The quantitative estimate of drug-likeness (QED) is 0.384. The number of ether oxygens (including phenoxy) is 1. The fourth-order valence-electron chi connectivity index (χ4n) is 1.04. The number of methoxy groups -OCH3 is 1. The summed E-state index contributed by atoms with van der Waals surface area (Å²) >= 11 is 0. The molecule has 74 valence electrons. The van der Waals surface area contributed by atoms with Gasteiger partial charge in [-0.1, -0.05) is 12.1 Å². The van der Waals surface area contributed by atoms with Crippen LogP contribution < -0.4 is 16.0 Å². The van der Waals surface area contributed by atoms with Gasteiger partial charge in [-0.15, -0.1) is 0 Å². The van der Waals surface area contributed by atoms with Crippen LogP contribution in [0.5, 0.6) is 5.75 Å². The molecule has 5 heteroatoms. The summed E-state index contributed by atoms with van der Waals surface area (Å²) in [5.41, 5.74) is 10.5. The van der Waals surface area contributed by atoms with E-state index in [1.54, 1.807) is 13.2 Å². The third-order valence-corrected chi connectivity index (χ3v) is 1.71. The average molecular weight is 192 g/mol. The van der Waals surface area contributed by atoms with E-state index in [1.807, 2.05) is 18.2 Å². The average Bonchev–Trinajstić information content (AvgIpc) is 2.26. The van der Waals surface area contributed by atoms with Gasteiger partial charge in [0.05, 0.1) is 7.11 Å². The number of nitrogens with zero attached hydrogens (tertiary/aromatic N) is 1. The molecule has 4 N–H and O–H groups in total. The Hall–Kier alpha value is -1.88. The van der Waals surface area contributed by atoms with Crippen molar-refractivity contribution in [1.82, 2.24) is 5.43 Å². The van der Waals surface area contributed by atoms with Crippen LogP contribution in [-0.2, 0) is 0 Å².